The van der Waals surface area contributed by atoms with E-state index >= 15 is 0 Å². The number of nitrogens with one attached hydrogen (secondary N) is 2. The lowest BCUT2D eigenvalue weighted by Crippen LogP contribution is -2.38. The van der Waals surface area contributed by atoms with E-state index < -0.39 is 0 Å². The van der Waals surface area contributed by atoms with Crippen LogP contribution in [-0.2, 0) is 13.0 Å². The smallest absolute Gasteiger partial charge is 0.276 e. The largest absolute Gasteiger partial charge is 0.467 e. The van der Waals surface area contributed by atoms with Crippen molar-refractivity contribution in [2.24, 2.45) is 4.99 Å². The Bertz CT molecular complexity index is 789. The maximum absolute atomic E-state index is 5.28. The summed E-state index contributed by atoms with van der Waals surface area (Å²) in [5.41, 5.74) is 0.669. The van der Waals surface area contributed by atoms with Crippen molar-refractivity contribution in [3.05, 3.63) is 54.4 Å². The maximum Gasteiger partial charge on any atom is 0.276 e. The van der Waals surface area contributed by atoms with Crippen molar-refractivity contribution in [2.45, 2.75) is 19.9 Å². The molecule has 3 rings (SSSR count). The number of hydrogen-bond acceptors (Lipinski definition) is 6. The quantitative estimate of drug-likeness (QED) is 0.312. The molecule has 0 spiro atoms. The molecule has 0 radical (unpaired) electrons. The van der Waals surface area contributed by atoms with Gasteiger partial charge >= 0.3 is 0 Å². The van der Waals surface area contributed by atoms with E-state index in [2.05, 4.69) is 30.8 Å². The third-order valence-corrected chi connectivity index (χ3v) is 3.31. The molecule has 138 valence electrons. The van der Waals surface area contributed by atoms with Crippen LogP contribution in [0.1, 0.15) is 18.5 Å². The molecule has 0 bridgehead atoms. The average molecular weight is 468 g/mol. The van der Waals surface area contributed by atoms with E-state index in [0.717, 1.165) is 12.3 Å². The second-order valence-electron chi connectivity index (χ2n) is 5.18. The van der Waals surface area contributed by atoms with E-state index in [-0.39, 0.29) is 24.0 Å². The summed E-state index contributed by atoms with van der Waals surface area (Å²) >= 11 is 0. The number of aromatic nitrogens is 3. The summed E-state index contributed by atoms with van der Waals surface area (Å²) in [6.45, 7) is 3.90. The van der Waals surface area contributed by atoms with Crippen LogP contribution in [0, 0.1) is 0 Å². The number of hydrogen-bond donors (Lipinski definition) is 2. The number of furan rings is 1. The molecule has 3 aromatic heterocycles. The van der Waals surface area contributed by atoms with Crippen LogP contribution < -0.4 is 10.6 Å². The van der Waals surface area contributed by atoms with Gasteiger partial charge < -0.3 is 19.6 Å². The zero-order chi connectivity index (χ0) is 17.3. The van der Waals surface area contributed by atoms with Gasteiger partial charge in [-0.2, -0.15) is 4.98 Å². The standard InChI is InChI=1S/C17H20N6O2.HI/c1-2-18-17(21-12-13-6-5-11-24-13)20-10-8-15-22-16(25-23-15)14-7-3-4-9-19-14;/h3-7,9,11H,2,8,10,12H2,1H3,(H2,18,20,21);1H. The molecule has 0 atom stereocenters. The van der Waals surface area contributed by atoms with Crippen LogP contribution in [0.15, 0.2) is 56.7 Å². The molecule has 8 nitrogen and oxygen atoms in total. The molecule has 0 saturated heterocycles. The summed E-state index contributed by atoms with van der Waals surface area (Å²) in [5, 5.41) is 10.4. The predicted octanol–water partition coefficient (Wildman–Crippen LogP) is 2.64. The Kier molecular flexibility index (Phi) is 8.06. The molecular formula is C17H21IN6O2. The van der Waals surface area contributed by atoms with Gasteiger partial charge in [0.15, 0.2) is 11.8 Å². The first kappa shape index (κ1) is 19.9. The van der Waals surface area contributed by atoms with Crippen LogP contribution in [0.25, 0.3) is 11.6 Å². The molecule has 2 N–H and O–H groups in total. The summed E-state index contributed by atoms with van der Waals surface area (Å²) < 4.78 is 10.5. The zero-order valence-corrected chi connectivity index (χ0v) is 16.7. The van der Waals surface area contributed by atoms with E-state index in [1.165, 1.54) is 0 Å². The summed E-state index contributed by atoms with van der Waals surface area (Å²) in [6.07, 6.45) is 3.95. The molecule has 0 aromatic carbocycles. The predicted molar refractivity (Wildman–Crippen MR) is 108 cm³/mol. The Morgan fingerprint density at radius 1 is 1.19 bits per heavy atom. The monoisotopic (exact) mass is 468 g/mol. The second-order valence-corrected chi connectivity index (χ2v) is 5.18. The number of nitrogens with zero attached hydrogens (tertiary/aromatic N) is 4. The van der Waals surface area contributed by atoms with Crippen LogP contribution in [0.2, 0.25) is 0 Å². The zero-order valence-electron chi connectivity index (χ0n) is 14.4. The van der Waals surface area contributed by atoms with E-state index in [9.17, 15) is 0 Å². The van der Waals surface area contributed by atoms with Crippen molar-refractivity contribution in [1.82, 2.24) is 25.8 Å². The van der Waals surface area contributed by atoms with Crippen molar-refractivity contribution in [3.8, 4) is 11.6 Å². The molecule has 0 unspecified atom stereocenters. The minimum atomic E-state index is 0. The highest BCUT2D eigenvalue weighted by Gasteiger charge is 2.09. The van der Waals surface area contributed by atoms with Gasteiger partial charge in [-0.1, -0.05) is 11.2 Å². The van der Waals surface area contributed by atoms with Gasteiger partial charge in [0.1, 0.15) is 18.0 Å². The lowest BCUT2D eigenvalue weighted by Gasteiger charge is -2.09. The highest BCUT2D eigenvalue weighted by atomic mass is 127. The van der Waals surface area contributed by atoms with Gasteiger partial charge in [0.25, 0.3) is 5.89 Å². The molecule has 0 aliphatic heterocycles. The topological polar surface area (TPSA) is 101 Å². The molecule has 3 heterocycles. The van der Waals surface area contributed by atoms with Gasteiger partial charge in [-0.05, 0) is 31.2 Å². The fraction of sp³-hybridized carbons (Fsp3) is 0.294. The lowest BCUT2D eigenvalue weighted by molar-refractivity contribution is 0.421. The van der Waals surface area contributed by atoms with Gasteiger partial charge in [-0.15, -0.1) is 24.0 Å². The molecule has 0 aliphatic carbocycles. The van der Waals surface area contributed by atoms with Crippen molar-refractivity contribution in [1.29, 1.82) is 0 Å². The first-order chi connectivity index (χ1) is 12.3. The molecule has 0 saturated carbocycles. The fourth-order valence-corrected chi connectivity index (χ4v) is 2.14. The first-order valence-corrected chi connectivity index (χ1v) is 8.13. The summed E-state index contributed by atoms with van der Waals surface area (Å²) in [5.74, 6) is 2.58. The van der Waals surface area contributed by atoms with E-state index in [1.807, 2.05) is 37.3 Å². The van der Waals surface area contributed by atoms with Crippen LogP contribution >= 0.6 is 24.0 Å². The van der Waals surface area contributed by atoms with Crippen molar-refractivity contribution >= 4 is 29.9 Å². The number of rotatable bonds is 7. The number of pyridine rings is 1. The molecule has 3 aromatic rings. The fourth-order valence-electron chi connectivity index (χ4n) is 2.14. The Morgan fingerprint density at radius 3 is 2.85 bits per heavy atom. The molecule has 0 amide bonds. The lowest BCUT2D eigenvalue weighted by atomic mass is 10.3. The van der Waals surface area contributed by atoms with Crippen molar-refractivity contribution in [2.75, 3.05) is 13.1 Å². The summed E-state index contributed by atoms with van der Waals surface area (Å²) in [7, 11) is 0. The molecule has 9 heteroatoms. The molecule has 26 heavy (non-hydrogen) atoms. The molecule has 0 fully saturated rings. The Labute approximate surface area is 168 Å². The van der Waals surface area contributed by atoms with Gasteiger partial charge in [0.2, 0.25) is 0 Å². The SMILES string of the molecule is CCNC(=NCc1ccco1)NCCc1noc(-c2ccccn2)n1.I. The third kappa shape index (κ3) is 5.83. The second kappa shape index (κ2) is 10.5. The first-order valence-electron chi connectivity index (χ1n) is 8.13. The van der Waals surface area contributed by atoms with Gasteiger partial charge in [0, 0.05) is 25.7 Å². The number of halogens is 1. The normalized spacial score (nSPS) is 11.0. The van der Waals surface area contributed by atoms with Gasteiger partial charge in [-0.25, -0.2) is 4.99 Å². The Balaban J connectivity index is 0.00000243. The molecular weight excluding hydrogens is 447 g/mol. The van der Waals surface area contributed by atoms with Crippen LogP contribution in [0.5, 0.6) is 0 Å². The summed E-state index contributed by atoms with van der Waals surface area (Å²) in [6, 6.07) is 9.30. The Hall–Kier alpha value is -2.43. The Morgan fingerprint density at radius 2 is 2.12 bits per heavy atom. The number of aliphatic imine (C=N–C) groups is 1. The molecule has 0 aliphatic rings. The highest BCUT2D eigenvalue weighted by molar-refractivity contribution is 14.0. The van der Waals surface area contributed by atoms with Crippen LogP contribution in [0.3, 0.4) is 0 Å². The minimum absolute atomic E-state index is 0. The average Bonchev–Trinajstić information content (AvgIpc) is 3.32. The van der Waals surface area contributed by atoms with E-state index in [1.54, 1.807) is 12.5 Å². The van der Waals surface area contributed by atoms with Gasteiger partial charge in [0.05, 0.1) is 6.26 Å². The maximum atomic E-state index is 5.28. The highest BCUT2D eigenvalue weighted by Crippen LogP contribution is 2.13. The van der Waals surface area contributed by atoms with Gasteiger partial charge in [-0.3, -0.25) is 4.98 Å². The number of guanidine groups is 1. The van der Waals surface area contributed by atoms with Crippen molar-refractivity contribution in [3.63, 3.8) is 0 Å². The van der Waals surface area contributed by atoms with Crippen LogP contribution in [0.4, 0.5) is 0 Å². The van der Waals surface area contributed by atoms with Crippen LogP contribution in [-0.4, -0.2) is 34.2 Å². The third-order valence-electron chi connectivity index (χ3n) is 3.31. The summed E-state index contributed by atoms with van der Waals surface area (Å²) in [4.78, 5) is 13.0. The minimum Gasteiger partial charge on any atom is -0.467 e. The van der Waals surface area contributed by atoms with E-state index in [4.69, 9.17) is 8.94 Å². The van der Waals surface area contributed by atoms with E-state index in [0.29, 0.717) is 42.9 Å². The van der Waals surface area contributed by atoms with Crippen molar-refractivity contribution < 1.29 is 8.94 Å².